The molecule has 9 heteroatoms. The van der Waals surface area contributed by atoms with Gasteiger partial charge in [0.15, 0.2) is 0 Å². The molecule has 0 aliphatic carbocycles. The van der Waals surface area contributed by atoms with Gasteiger partial charge in [-0.2, -0.15) is 0 Å². The Morgan fingerprint density at radius 1 is 1.14 bits per heavy atom. The first kappa shape index (κ1) is 19.9. The molecular weight excluding hydrogens is 400 g/mol. The molecule has 0 radical (unpaired) electrons. The van der Waals surface area contributed by atoms with E-state index in [1.165, 1.54) is 24.7 Å². The number of hydrogen-bond acceptors (Lipinski definition) is 6. The maximum absolute atomic E-state index is 12.8. The molecule has 146 valence electrons. The van der Waals surface area contributed by atoms with Crippen molar-refractivity contribution in [2.45, 2.75) is 11.3 Å². The molecule has 0 bridgehead atoms. The van der Waals surface area contributed by atoms with E-state index in [2.05, 4.69) is 4.72 Å². The summed E-state index contributed by atoms with van der Waals surface area (Å²) in [6.45, 7) is 0. The lowest BCUT2D eigenvalue weighted by Gasteiger charge is -2.13. The highest BCUT2D eigenvalue weighted by Gasteiger charge is 2.21. The Bertz CT molecular complexity index is 1080. The molecule has 0 fully saturated rings. The van der Waals surface area contributed by atoms with Gasteiger partial charge in [-0.1, -0.05) is 30.3 Å². The number of methoxy groups -OCH3 is 1. The number of sulfonamides is 1. The van der Waals surface area contributed by atoms with Gasteiger partial charge in [-0.15, -0.1) is 11.3 Å². The number of benzene rings is 2. The number of rotatable bonds is 7. The van der Waals surface area contributed by atoms with E-state index in [0.717, 1.165) is 22.5 Å². The van der Waals surface area contributed by atoms with Crippen LogP contribution in [0.2, 0.25) is 0 Å². The molecule has 1 aromatic heterocycles. The van der Waals surface area contributed by atoms with E-state index in [9.17, 15) is 13.2 Å². The summed E-state index contributed by atoms with van der Waals surface area (Å²) in [4.78, 5) is 11.8. The molecule has 0 atom stereocenters. The van der Waals surface area contributed by atoms with Gasteiger partial charge in [0.1, 0.15) is 10.6 Å². The Morgan fingerprint density at radius 3 is 2.57 bits per heavy atom. The second-order valence-electron chi connectivity index (χ2n) is 5.85. The number of hydroxylamine groups is 1. The second-order valence-corrected chi connectivity index (χ2v) is 8.44. The fourth-order valence-electron chi connectivity index (χ4n) is 2.70. The van der Waals surface area contributed by atoms with Gasteiger partial charge < -0.3 is 4.74 Å². The molecule has 1 amide bonds. The quantitative estimate of drug-likeness (QED) is 0.403. The zero-order valence-corrected chi connectivity index (χ0v) is 16.5. The monoisotopic (exact) mass is 418 g/mol. The van der Waals surface area contributed by atoms with Gasteiger partial charge in [-0.05, 0) is 40.8 Å². The molecule has 0 aliphatic heterocycles. The lowest BCUT2D eigenvalue weighted by Crippen LogP contribution is -2.20. The van der Waals surface area contributed by atoms with Crippen molar-refractivity contribution in [1.82, 2.24) is 5.48 Å². The number of carbonyl (C=O) groups excluding carboxylic acids is 1. The van der Waals surface area contributed by atoms with Crippen LogP contribution in [0.25, 0.3) is 0 Å². The van der Waals surface area contributed by atoms with Crippen LogP contribution >= 0.6 is 11.3 Å². The van der Waals surface area contributed by atoms with Crippen molar-refractivity contribution in [2.75, 3.05) is 11.8 Å². The Morgan fingerprint density at radius 2 is 1.89 bits per heavy atom. The van der Waals surface area contributed by atoms with Crippen molar-refractivity contribution < 1.29 is 23.2 Å². The summed E-state index contributed by atoms with van der Waals surface area (Å²) in [5.74, 6) is -0.203. The maximum atomic E-state index is 12.8. The first-order valence-corrected chi connectivity index (χ1v) is 10.6. The SMILES string of the molecule is COc1ccc(S(=O)(=O)Nc2ccsc2C(=O)NO)cc1Cc1ccccc1. The number of ether oxygens (including phenoxy) is 1. The number of thiophene rings is 1. The average Bonchev–Trinajstić information content (AvgIpc) is 3.15. The molecule has 0 unspecified atom stereocenters. The van der Waals surface area contributed by atoms with E-state index in [-0.39, 0.29) is 15.5 Å². The molecular formula is C19H18N2O5S2. The topological polar surface area (TPSA) is 105 Å². The van der Waals surface area contributed by atoms with Crippen molar-refractivity contribution in [2.24, 2.45) is 0 Å². The van der Waals surface area contributed by atoms with E-state index in [4.69, 9.17) is 9.94 Å². The molecule has 0 saturated heterocycles. The molecule has 0 saturated carbocycles. The number of anilines is 1. The third-order valence-corrected chi connectivity index (χ3v) is 6.29. The van der Waals surface area contributed by atoms with E-state index < -0.39 is 15.9 Å². The predicted molar refractivity (Wildman–Crippen MR) is 107 cm³/mol. The highest BCUT2D eigenvalue weighted by molar-refractivity contribution is 7.92. The van der Waals surface area contributed by atoms with E-state index in [0.29, 0.717) is 12.2 Å². The van der Waals surface area contributed by atoms with Crippen molar-refractivity contribution >= 4 is 33.0 Å². The maximum Gasteiger partial charge on any atom is 0.286 e. The normalized spacial score (nSPS) is 11.1. The van der Waals surface area contributed by atoms with Crippen LogP contribution in [-0.2, 0) is 16.4 Å². The fourth-order valence-corrected chi connectivity index (χ4v) is 4.62. The van der Waals surface area contributed by atoms with E-state index in [1.807, 2.05) is 30.3 Å². The first-order chi connectivity index (χ1) is 13.4. The van der Waals surface area contributed by atoms with Crippen LogP contribution in [0.5, 0.6) is 5.75 Å². The first-order valence-electron chi connectivity index (χ1n) is 8.20. The lowest BCUT2D eigenvalue weighted by molar-refractivity contribution is 0.0712. The van der Waals surface area contributed by atoms with Crippen LogP contribution in [0, 0.1) is 0 Å². The molecule has 3 rings (SSSR count). The van der Waals surface area contributed by atoms with E-state index in [1.54, 1.807) is 17.5 Å². The molecule has 3 aromatic rings. The minimum Gasteiger partial charge on any atom is -0.496 e. The third kappa shape index (κ3) is 4.33. The molecule has 7 nitrogen and oxygen atoms in total. The number of amides is 1. The predicted octanol–water partition coefficient (Wildman–Crippen LogP) is 3.27. The second kappa shape index (κ2) is 8.42. The van der Waals surface area contributed by atoms with Crippen molar-refractivity contribution in [1.29, 1.82) is 0 Å². The summed E-state index contributed by atoms with van der Waals surface area (Å²) in [5.41, 5.74) is 3.33. The smallest absolute Gasteiger partial charge is 0.286 e. The zero-order valence-electron chi connectivity index (χ0n) is 14.9. The summed E-state index contributed by atoms with van der Waals surface area (Å²) in [6, 6.07) is 15.7. The Balaban J connectivity index is 1.93. The number of carbonyl (C=O) groups is 1. The molecule has 3 N–H and O–H groups in total. The van der Waals surface area contributed by atoms with Crippen LogP contribution < -0.4 is 14.9 Å². The van der Waals surface area contributed by atoms with Crippen LogP contribution in [0.3, 0.4) is 0 Å². The summed E-state index contributed by atoms with van der Waals surface area (Å²) < 4.78 is 33.4. The summed E-state index contributed by atoms with van der Waals surface area (Å²) in [6.07, 6.45) is 0.504. The highest BCUT2D eigenvalue weighted by atomic mass is 32.2. The molecule has 2 aromatic carbocycles. The molecule has 0 spiro atoms. The summed E-state index contributed by atoms with van der Waals surface area (Å²) in [7, 11) is -2.42. The van der Waals surface area contributed by atoms with Gasteiger partial charge in [-0.3, -0.25) is 14.7 Å². The van der Waals surface area contributed by atoms with E-state index >= 15 is 0 Å². The molecule has 0 aliphatic rings. The van der Waals surface area contributed by atoms with Crippen LogP contribution in [0.4, 0.5) is 5.69 Å². The Hall–Kier alpha value is -2.88. The van der Waals surface area contributed by atoms with Crippen LogP contribution in [-0.4, -0.2) is 26.6 Å². The summed E-state index contributed by atoms with van der Waals surface area (Å²) in [5, 5.41) is 10.3. The average molecular weight is 418 g/mol. The standard InChI is InChI=1S/C19H18N2O5S2/c1-26-17-8-7-15(12-14(17)11-13-5-3-2-4-6-13)28(24,25)21-16-9-10-27-18(16)19(22)20-23/h2-10,12,21,23H,11H2,1H3,(H,20,22). The van der Waals surface area contributed by atoms with Crippen LogP contribution in [0.1, 0.15) is 20.8 Å². The molecule has 1 heterocycles. The third-order valence-electron chi connectivity index (χ3n) is 4.02. The zero-order chi connectivity index (χ0) is 20.1. The van der Waals surface area contributed by atoms with Crippen molar-refractivity contribution in [3.63, 3.8) is 0 Å². The Kier molecular flexibility index (Phi) is 5.98. The van der Waals surface area contributed by atoms with Crippen molar-refractivity contribution in [3.05, 3.63) is 76.0 Å². The van der Waals surface area contributed by atoms with Gasteiger partial charge in [0.05, 0.1) is 17.7 Å². The van der Waals surface area contributed by atoms with Gasteiger partial charge in [0.25, 0.3) is 15.9 Å². The number of hydrogen-bond donors (Lipinski definition) is 3. The van der Waals surface area contributed by atoms with Gasteiger partial charge in [0, 0.05) is 6.42 Å². The minimum atomic E-state index is -3.95. The minimum absolute atomic E-state index is 0.0424. The van der Waals surface area contributed by atoms with Gasteiger partial charge in [0.2, 0.25) is 0 Å². The lowest BCUT2D eigenvalue weighted by atomic mass is 10.0. The van der Waals surface area contributed by atoms with Gasteiger partial charge >= 0.3 is 0 Å². The molecule has 28 heavy (non-hydrogen) atoms. The van der Waals surface area contributed by atoms with Crippen molar-refractivity contribution in [3.8, 4) is 5.75 Å². The fraction of sp³-hybridized carbons (Fsp3) is 0.105. The largest absolute Gasteiger partial charge is 0.496 e. The highest BCUT2D eigenvalue weighted by Crippen LogP contribution is 2.28. The van der Waals surface area contributed by atoms with Crippen LogP contribution in [0.15, 0.2) is 64.9 Å². The number of nitrogens with one attached hydrogen (secondary N) is 2. The Labute approximate surface area is 166 Å². The van der Waals surface area contributed by atoms with Gasteiger partial charge in [-0.25, -0.2) is 13.9 Å². The summed E-state index contributed by atoms with van der Waals surface area (Å²) >= 11 is 1.01.